The molecule has 1 aromatic rings. The van der Waals surface area contributed by atoms with Gasteiger partial charge in [0, 0.05) is 12.6 Å². The van der Waals surface area contributed by atoms with E-state index in [4.69, 9.17) is 0 Å². The normalized spacial score (nSPS) is 15.5. The molecule has 4 nitrogen and oxygen atoms in total. The number of hydrogen-bond donors (Lipinski definition) is 3. The summed E-state index contributed by atoms with van der Waals surface area (Å²) in [4.78, 5) is 4.67. The van der Waals surface area contributed by atoms with Crippen molar-refractivity contribution in [3.63, 3.8) is 0 Å². The minimum absolute atomic E-state index is 0. The van der Waals surface area contributed by atoms with Gasteiger partial charge in [-0.2, -0.15) is 0 Å². The Labute approximate surface area is 150 Å². The van der Waals surface area contributed by atoms with E-state index in [-0.39, 0.29) is 24.0 Å². The van der Waals surface area contributed by atoms with Crippen LogP contribution in [0.2, 0.25) is 0 Å². The Kier molecular flexibility index (Phi) is 8.00. The summed E-state index contributed by atoms with van der Waals surface area (Å²) >= 11 is 0. The first-order valence-electron chi connectivity index (χ1n) is 7.94. The van der Waals surface area contributed by atoms with Gasteiger partial charge in [0.2, 0.25) is 0 Å². The molecule has 0 bridgehead atoms. The van der Waals surface area contributed by atoms with Gasteiger partial charge in [-0.25, -0.2) is 4.99 Å². The van der Waals surface area contributed by atoms with Crippen LogP contribution in [0, 0.1) is 13.8 Å². The van der Waals surface area contributed by atoms with E-state index in [0.29, 0.717) is 18.3 Å². The molecule has 1 aliphatic rings. The van der Waals surface area contributed by atoms with E-state index in [2.05, 4.69) is 22.5 Å². The van der Waals surface area contributed by atoms with Gasteiger partial charge >= 0.3 is 0 Å². The number of halogens is 1. The second kappa shape index (κ2) is 9.22. The molecule has 1 saturated carbocycles. The van der Waals surface area contributed by atoms with Crippen molar-refractivity contribution >= 4 is 29.9 Å². The molecule has 0 heterocycles. The topological polar surface area (TPSA) is 56.7 Å². The molecule has 5 heteroatoms. The summed E-state index contributed by atoms with van der Waals surface area (Å²) in [5.74, 6) is 1.28. The van der Waals surface area contributed by atoms with Crippen LogP contribution in [-0.4, -0.2) is 23.7 Å². The van der Waals surface area contributed by atoms with Crippen LogP contribution in [0.15, 0.2) is 17.1 Å². The first-order valence-corrected chi connectivity index (χ1v) is 7.94. The molecule has 0 amide bonds. The molecule has 1 aliphatic carbocycles. The summed E-state index contributed by atoms with van der Waals surface area (Å²) < 4.78 is 0. The Morgan fingerprint density at radius 1 is 1.23 bits per heavy atom. The van der Waals surface area contributed by atoms with Gasteiger partial charge < -0.3 is 15.7 Å². The summed E-state index contributed by atoms with van der Waals surface area (Å²) in [6.45, 7) is 7.44. The number of phenolic OH excluding ortho intramolecular Hbond substituents is 1. The van der Waals surface area contributed by atoms with Crippen molar-refractivity contribution in [1.29, 1.82) is 0 Å². The number of aromatic hydroxyl groups is 1. The molecule has 1 aromatic carbocycles. The lowest BCUT2D eigenvalue weighted by Gasteiger charge is -2.16. The zero-order valence-corrected chi connectivity index (χ0v) is 16.1. The fourth-order valence-corrected chi connectivity index (χ4v) is 2.89. The zero-order chi connectivity index (χ0) is 15.2. The van der Waals surface area contributed by atoms with E-state index in [1.54, 1.807) is 0 Å². The van der Waals surface area contributed by atoms with E-state index < -0.39 is 0 Å². The van der Waals surface area contributed by atoms with Crippen molar-refractivity contribution in [2.75, 3.05) is 6.54 Å². The molecule has 0 unspecified atom stereocenters. The number of aryl methyl sites for hydroxylation is 2. The van der Waals surface area contributed by atoms with E-state index in [1.165, 1.54) is 25.7 Å². The van der Waals surface area contributed by atoms with Gasteiger partial charge in [0.15, 0.2) is 5.96 Å². The number of guanidine groups is 1. The maximum atomic E-state index is 9.82. The largest absolute Gasteiger partial charge is 0.507 e. The summed E-state index contributed by atoms with van der Waals surface area (Å²) in [5, 5.41) is 16.6. The highest BCUT2D eigenvalue weighted by atomic mass is 127. The predicted octanol–water partition coefficient (Wildman–Crippen LogP) is 3.62. The minimum atomic E-state index is 0. The lowest BCUT2D eigenvalue weighted by atomic mass is 10.1. The molecule has 0 radical (unpaired) electrons. The molecule has 22 heavy (non-hydrogen) atoms. The highest BCUT2D eigenvalue weighted by molar-refractivity contribution is 14.0. The maximum Gasteiger partial charge on any atom is 0.191 e. The fourth-order valence-electron chi connectivity index (χ4n) is 2.89. The second-order valence-electron chi connectivity index (χ2n) is 5.90. The Morgan fingerprint density at radius 3 is 2.36 bits per heavy atom. The molecule has 0 aliphatic heterocycles. The van der Waals surface area contributed by atoms with Crippen LogP contribution in [-0.2, 0) is 6.54 Å². The summed E-state index contributed by atoms with van der Waals surface area (Å²) in [6, 6.07) is 4.57. The van der Waals surface area contributed by atoms with Crippen molar-refractivity contribution in [1.82, 2.24) is 10.6 Å². The number of rotatable bonds is 4. The number of phenols is 1. The van der Waals surface area contributed by atoms with Crippen LogP contribution in [0.25, 0.3) is 0 Å². The molecule has 124 valence electrons. The van der Waals surface area contributed by atoms with Gasteiger partial charge in [-0.1, -0.05) is 25.0 Å². The summed E-state index contributed by atoms with van der Waals surface area (Å²) in [7, 11) is 0. The van der Waals surface area contributed by atoms with Gasteiger partial charge in [-0.05, 0) is 50.3 Å². The summed E-state index contributed by atoms with van der Waals surface area (Å²) in [5.41, 5.74) is 2.95. The Hall–Kier alpha value is -0.980. The number of aliphatic imine (C=N–C) groups is 1. The lowest BCUT2D eigenvalue weighted by Crippen LogP contribution is -2.42. The zero-order valence-electron chi connectivity index (χ0n) is 13.8. The lowest BCUT2D eigenvalue weighted by molar-refractivity contribution is 0.466. The van der Waals surface area contributed by atoms with Crippen LogP contribution < -0.4 is 10.6 Å². The monoisotopic (exact) mass is 417 g/mol. The van der Waals surface area contributed by atoms with E-state index in [0.717, 1.165) is 29.2 Å². The van der Waals surface area contributed by atoms with Crippen LogP contribution >= 0.6 is 24.0 Å². The van der Waals surface area contributed by atoms with Crippen LogP contribution in [0.4, 0.5) is 0 Å². The molecular formula is C17H28IN3O. The maximum absolute atomic E-state index is 9.82. The molecule has 3 N–H and O–H groups in total. The molecule has 0 atom stereocenters. The van der Waals surface area contributed by atoms with Crippen LogP contribution in [0.3, 0.4) is 0 Å². The molecule has 0 spiro atoms. The van der Waals surface area contributed by atoms with Gasteiger partial charge in [-0.3, -0.25) is 0 Å². The van der Waals surface area contributed by atoms with Gasteiger partial charge in [-0.15, -0.1) is 24.0 Å². The van der Waals surface area contributed by atoms with Crippen LogP contribution in [0.5, 0.6) is 5.75 Å². The van der Waals surface area contributed by atoms with E-state index in [1.807, 2.05) is 26.0 Å². The van der Waals surface area contributed by atoms with Crippen molar-refractivity contribution < 1.29 is 5.11 Å². The molecule has 0 saturated heterocycles. The van der Waals surface area contributed by atoms with Gasteiger partial charge in [0.05, 0.1) is 6.54 Å². The SMILES string of the molecule is CCNC(=NCc1cc(C)c(O)c(C)c1)NC1CCCC1.I. The summed E-state index contributed by atoms with van der Waals surface area (Å²) in [6.07, 6.45) is 5.10. The third-order valence-corrected chi connectivity index (χ3v) is 4.01. The van der Waals surface area contributed by atoms with Crippen molar-refractivity contribution in [3.8, 4) is 5.75 Å². The Morgan fingerprint density at radius 2 is 1.82 bits per heavy atom. The molecular weight excluding hydrogens is 389 g/mol. The number of nitrogens with one attached hydrogen (secondary N) is 2. The predicted molar refractivity (Wildman–Crippen MR) is 103 cm³/mol. The van der Waals surface area contributed by atoms with Crippen molar-refractivity contribution in [2.45, 2.75) is 59.0 Å². The smallest absolute Gasteiger partial charge is 0.191 e. The highest BCUT2D eigenvalue weighted by Gasteiger charge is 2.15. The van der Waals surface area contributed by atoms with E-state index in [9.17, 15) is 5.11 Å². The third kappa shape index (κ3) is 5.34. The average molecular weight is 417 g/mol. The Balaban J connectivity index is 0.00000242. The first kappa shape index (κ1) is 19.1. The van der Waals surface area contributed by atoms with Crippen molar-refractivity contribution in [2.24, 2.45) is 4.99 Å². The average Bonchev–Trinajstić information content (AvgIpc) is 2.95. The van der Waals surface area contributed by atoms with Gasteiger partial charge in [0.1, 0.15) is 5.75 Å². The number of nitrogens with zero attached hydrogens (tertiary/aromatic N) is 1. The first-order chi connectivity index (χ1) is 10.1. The fraction of sp³-hybridized carbons (Fsp3) is 0.588. The molecule has 0 aromatic heterocycles. The number of benzene rings is 1. The van der Waals surface area contributed by atoms with Crippen LogP contribution in [0.1, 0.15) is 49.3 Å². The highest BCUT2D eigenvalue weighted by Crippen LogP contribution is 2.23. The van der Waals surface area contributed by atoms with Gasteiger partial charge in [0.25, 0.3) is 0 Å². The van der Waals surface area contributed by atoms with Crippen molar-refractivity contribution in [3.05, 3.63) is 28.8 Å². The second-order valence-corrected chi connectivity index (χ2v) is 5.90. The third-order valence-electron chi connectivity index (χ3n) is 4.01. The van der Waals surface area contributed by atoms with E-state index >= 15 is 0 Å². The molecule has 1 fully saturated rings. The Bertz CT molecular complexity index is 488. The standard InChI is InChI=1S/C17H27N3O.HI/c1-4-18-17(20-15-7-5-6-8-15)19-11-14-9-12(2)16(21)13(3)10-14;/h9-10,15,21H,4-8,11H2,1-3H3,(H2,18,19,20);1H. The number of hydrogen-bond acceptors (Lipinski definition) is 2. The minimum Gasteiger partial charge on any atom is -0.507 e. The molecule has 2 rings (SSSR count). The quantitative estimate of drug-likeness (QED) is 0.399.